The molecule has 0 aliphatic heterocycles. The van der Waals surface area contributed by atoms with Gasteiger partial charge in [-0.3, -0.25) is 4.79 Å². The Labute approximate surface area is 124 Å². The van der Waals surface area contributed by atoms with Crippen molar-refractivity contribution >= 4 is 11.9 Å². The van der Waals surface area contributed by atoms with Crippen molar-refractivity contribution in [2.45, 2.75) is 25.7 Å². The van der Waals surface area contributed by atoms with Gasteiger partial charge in [-0.25, -0.2) is 4.79 Å². The molecule has 3 rings (SSSR count). The van der Waals surface area contributed by atoms with Crippen molar-refractivity contribution in [2.24, 2.45) is 17.8 Å². The Morgan fingerprint density at radius 1 is 1.19 bits per heavy atom. The topological polar surface area (TPSA) is 57.6 Å². The standard InChI is InChI=1S/C17H21NO3/c1-18(10-13-9-11-6-7-12(13)8-11)16(19)14-4-2-3-5-15(14)17(20)21/h2-5,11-13H,6-10H2,1H3,(H,20,21). The molecule has 3 unspecified atom stereocenters. The maximum absolute atomic E-state index is 12.5. The fraction of sp³-hybridized carbons (Fsp3) is 0.529. The van der Waals surface area contributed by atoms with Crippen LogP contribution in [0.4, 0.5) is 0 Å². The van der Waals surface area contributed by atoms with Gasteiger partial charge in [-0.15, -0.1) is 0 Å². The highest BCUT2D eigenvalue weighted by molar-refractivity contribution is 6.04. The van der Waals surface area contributed by atoms with E-state index < -0.39 is 5.97 Å². The minimum atomic E-state index is -1.05. The molecule has 2 aliphatic carbocycles. The van der Waals surface area contributed by atoms with Crippen LogP contribution in [0.3, 0.4) is 0 Å². The first-order chi connectivity index (χ1) is 10.1. The van der Waals surface area contributed by atoms with Crippen molar-refractivity contribution in [2.75, 3.05) is 13.6 Å². The minimum absolute atomic E-state index is 0.0855. The average molecular weight is 287 g/mol. The second-order valence-corrected chi connectivity index (χ2v) is 6.47. The second kappa shape index (κ2) is 5.51. The van der Waals surface area contributed by atoms with Crippen LogP contribution in [-0.4, -0.2) is 35.5 Å². The van der Waals surface area contributed by atoms with Gasteiger partial charge < -0.3 is 10.0 Å². The van der Waals surface area contributed by atoms with Gasteiger partial charge in [-0.05, 0) is 49.1 Å². The van der Waals surface area contributed by atoms with Crippen molar-refractivity contribution in [3.63, 3.8) is 0 Å². The molecule has 1 aromatic carbocycles. The maximum atomic E-state index is 12.5. The van der Waals surface area contributed by atoms with Crippen LogP contribution in [-0.2, 0) is 0 Å². The SMILES string of the molecule is CN(CC1CC2CCC1C2)C(=O)c1ccccc1C(=O)O. The Morgan fingerprint density at radius 3 is 2.48 bits per heavy atom. The number of nitrogens with zero attached hydrogens (tertiary/aromatic N) is 1. The van der Waals surface area contributed by atoms with E-state index in [0.29, 0.717) is 5.92 Å². The van der Waals surface area contributed by atoms with Crippen LogP contribution in [0.2, 0.25) is 0 Å². The molecule has 2 aliphatic rings. The Bertz CT molecular complexity index is 569. The molecule has 3 atom stereocenters. The summed E-state index contributed by atoms with van der Waals surface area (Å²) in [6, 6.07) is 6.45. The number of carbonyl (C=O) groups excluding carboxylic acids is 1. The maximum Gasteiger partial charge on any atom is 0.336 e. The van der Waals surface area contributed by atoms with Crippen LogP contribution in [0.25, 0.3) is 0 Å². The van der Waals surface area contributed by atoms with Gasteiger partial charge in [0.15, 0.2) is 0 Å². The lowest BCUT2D eigenvalue weighted by Crippen LogP contribution is -2.34. The van der Waals surface area contributed by atoms with E-state index in [1.807, 2.05) is 0 Å². The quantitative estimate of drug-likeness (QED) is 0.926. The minimum Gasteiger partial charge on any atom is -0.478 e. The summed E-state index contributed by atoms with van der Waals surface area (Å²) < 4.78 is 0. The third-order valence-electron chi connectivity index (χ3n) is 5.13. The first-order valence-corrected chi connectivity index (χ1v) is 7.64. The first-order valence-electron chi connectivity index (χ1n) is 7.64. The van der Waals surface area contributed by atoms with E-state index in [1.165, 1.54) is 31.7 Å². The molecule has 2 bridgehead atoms. The van der Waals surface area contributed by atoms with Gasteiger partial charge >= 0.3 is 5.97 Å². The summed E-state index contributed by atoms with van der Waals surface area (Å²) >= 11 is 0. The second-order valence-electron chi connectivity index (χ2n) is 6.47. The van der Waals surface area contributed by atoms with Gasteiger partial charge in [0.05, 0.1) is 11.1 Å². The number of rotatable bonds is 4. The highest BCUT2D eigenvalue weighted by Crippen LogP contribution is 2.48. The molecular weight excluding hydrogens is 266 g/mol. The molecule has 0 radical (unpaired) electrons. The predicted octanol–water partition coefficient (Wildman–Crippen LogP) is 2.89. The normalized spacial score (nSPS) is 26.8. The molecule has 2 saturated carbocycles. The van der Waals surface area contributed by atoms with Gasteiger partial charge in [0.25, 0.3) is 5.91 Å². The zero-order chi connectivity index (χ0) is 15.0. The van der Waals surface area contributed by atoms with E-state index in [1.54, 1.807) is 30.1 Å². The van der Waals surface area contributed by atoms with Gasteiger partial charge in [-0.1, -0.05) is 18.6 Å². The summed E-state index contributed by atoms with van der Waals surface area (Å²) in [6.45, 7) is 0.744. The molecule has 4 nitrogen and oxygen atoms in total. The highest BCUT2D eigenvalue weighted by atomic mass is 16.4. The fourth-order valence-electron chi connectivity index (χ4n) is 4.10. The van der Waals surface area contributed by atoms with E-state index in [9.17, 15) is 14.7 Å². The molecular formula is C17H21NO3. The summed E-state index contributed by atoms with van der Waals surface area (Å²) in [6.07, 6.45) is 5.19. The summed E-state index contributed by atoms with van der Waals surface area (Å²) in [5.41, 5.74) is 0.373. The van der Waals surface area contributed by atoms with E-state index in [4.69, 9.17) is 0 Å². The van der Waals surface area contributed by atoms with Crippen molar-refractivity contribution in [1.82, 2.24) is 4.90 Å². The zero-order valence-corrected chi connectivity index (χ0v) is 12.3. The number of carboxylic acid groups (broad SMARTS) is 1. The Kier molecular flexibility index (Phi) is 3.70. The molecule has 1 aromatic rings. The lowest BCUT2D eigenvalue weighted by Gasteiger charge is -2.27. The number of carboxylic acids is 1. The van der Waals surface area contributed by atoms with E-state index in [0.717, 1.165) is 18.4 Å². The Hall–Kier alpha value is -1.84. The first kappa shape index (κ1) is 14.1. The van der Waals surface area contributed by atoms with Crippen molar-refractivity contribution in [3.8, 4) is 0 Å². The number of amides is 1. The lowest BCUT2D eigenvalue weighted by atomic mass is 9.88. The lowest BCUT2D eigenvalue weighted by molar-refractivity contribution is 0.0675. The van der Waals surface area contributed by atoms with Gasteiger partial charge in [-0.2, -0.15) is 0 Å². The molecule has 0 heterocycles. The Balaban J connectivity index is 1.71. The van der Waals surface area contributed by atoms with E-state index in [2.05, 4.69) is 0 Å². The fourth-order valence-corrected chi connectivity index (χ4v) is 4.10. The number of hydrogen-bond acceptors (Lipinski definition) is 2. The molecule has 0 saturated heterocycles. The monoisotopic (exact) mass is 287 g/mol. The summed E-state index contributed by atoms with van der Waals surface area (Å²) in [7, 11) is 1.78. The third kappa shape index (κ3) is 2.67. The number of fused-ring (bicyclic) bond motifs is 2. The van der Waals surface area contributed by atoms with Crippen LogP contribution in [0.1, 0.15) is 46.4 Å². The molecule has 21 heavy (non-hydrogen) atoms. The van der Waals surface area contributed by atoms with Crippen molar-refractivity contribution in [1.29, 1.82) is 0 Å². The number of benzene rings is 1. The van der Waals surface area contributed by atoms with Gasteiger partial charge in [0.2, 0.25) is 0 Å². The van der Waals surface area contributed by atoms with E-state index >= 15 is 0 Å². The summed E-state index contributed by atoms with van der Waals surface area (Å²) in [5.74, 6) is 0.979. The molecule has 112 valence electrons. The van der Waals surface area contributed by atoms with Gasteiger partial charge in [0.1, 0.15) is 0 Å². The number of aromatic carboxylic acids is 1. The number of hydrogen-bond donors (Lipinski definition) is 1. The zero-order valence-electron chi connectivity index (χ0n) is 12.3. The van der Waals surface area contributed by atoms with Crippen LogP contribution in [0.15, 0.2) is 24.3 Å². The van der Waals surface area contributed by atoms with Crippen LogP contribution in [0, 0.1) is 17.8 Å². The third-order valence-corrected chi connectivity index (χ3v) is 5.13. The summed E-state index contributed by atoms with van der Waals surface area (Å²) in [5, 5.41) is 9.20. The summed E-state index contributed by atoms with van der Waals surface area (Å²) in [4.78, 5) is 25.5. The molecule has 0 spiro atoms. The number of carbonyl (C=O) groups is 2. The predicted molar refractivity (Wildman–Crippen MR) is 79.3 cm³/mol. The highest BCUT2D eigenvalue weighted by Gasteiger charge is 2.40. The van der Waals surface area contributed by atoms with Crippen molar-refractivity contribution < 1.29 is 14.7 Å². The van der Waals surface area contributed by atoms with E-state index in [-0.39, 0.29) is 17.0 Å². The van der Waals surface area contributed by atoms with Crippen LogP contribution >= 0.6 is 0 Å². The van der Waals surface area contributed by atoms with Crippen LogP contribution in [0.5, 0.6) is 0 Å². The van der Waals surface area contributed by atoms with Crippen LogP contribution < -0.4 is 0 Å². The van der Waals surface area contributed by atoms with Crippen molar-refractivity contribution in [3.05, 3.63) is 35.4 Å². The molecule has 2 fully saturated rings. The smallest absolute Gasteiger partial charge is 0.336 e. The molecule has 4 heteroatoms. The molecule has 1 amide bonds. The molecule has 0 aromatic heterocycles. The largest absolute Gasteiger partial charge is 0.478 e. The molecule has 1 N–H and O–H groups in total. The van der Waals surface area contributed by atoms with Gasteiger partial charge in [0, 0.05) is 13.6 Å². The average Bonchev–Trinajstić information content (AvgIpc) is 3.09. The Morgan fingerprint density at radius 2 is 1.90 bits per heavy atom.